The summed E-state index contributed by atoms with van der Waals surface area (Å²) in [7, 11) is -3.07. The number of sulfonamides is 1. The summed E-state index contributed by atoms with van der Waals surface area (Å²) in [6, 6.07) is 18.8. The van der Waals surface area contributed by atoms with E-state index in [1.54, 1.807) is 4.31 Å². The van der Waals surface area contributed by atoms with Crippen LogP contribution in [-0.2, 0) is 16.4 Å². The van der Waals surface area contributed by atoms with E-state index in [1.807, 2.05) is 6.07 Å². The Labute approximate surface area is 150 Å². The first kappa shape index (κ1) is 17.8. The van der Waals surface area contributed by atoms with Crippen molar-refractivity contribution in [3.8, 4) is 0 Å². The fourth-order valence-electron chi connectivity index (χ4n) is 3.06. The first-order valence-corrected chi connectivity index (χ1v) is 10.5. The first-order valence-electron chi connectivity index (χ1n) is 8.60. The van der Waals surface area contributed by atoms with Crippen LogP contribution >= 0.6 is 0 Å². The Hall–Kier alpha value is -2.05. The number of hydrogen-bond acceptors (Lipinski definition) is 4. The lowest BCUT2D eigenvalue weighted by molar-refractivity contribution is 0.388. The van der Waals surface area contributed by atoms with Crippen LogP contribution in [0.3, 0.4) is 0 Å². The number of nitrogens with one attached hydrogen (secondary N) is 1. The Morgan fingerprint density at radius 3 is 2.16 bits per heavy atom. The standard InChI is InChI=1S/C19H25N3O2S/c1-25(23,24)22-15-13-21(14-16-22)19-9-7-18(8-10-19)20-12-11-17-5-3-2-4-6-17/h2-10,20H,11-16H2,1H3. The lowest BCUT2D eigenvalue weighted by Gasteiger charge is -2.34. The van der Waals surface area contributed by atoms with Gasteiger partial charge in [-0.25, -0.2) is 8.42 Å². The lowest BCUT2D eigenvalue weighted by atomic mass is 10.1. The van der Waals surface area contributed by atoms with Crippen LogP contribution in [0.2, 0.25) is 0 Å². The Morgan fingerprint density at radius 2 is 1.56 bits per heavy atom. The van der Waals surface area contributed by atoms with Crippen LogP contribution < -0.4 is 10.2 Å². The van der Waals surface area contributed by atoms with Crippen molar-refractivity contribution in [3.05, 3.63) is 60.2 Å². The van der Waals surface area contributed by atoms with Crippen LogP contribution in [0, 0.1) is 0 Å². The number of hydrogen-bond donors (Lipinski definition) is 1. The monoisotopic (exact) mass is 359 g/mol. The van der Waals surface area contributed by atoms with Crippen molar-refractivity contribution in [2.45, 2.75) is 6.42 Å². The van der Waals surface area contributed by atoms with E-state index < -0.39 is 10.0 Å². The minimum absolute atomic E-state index is 0.551. The SMILES string of the molecule is CS(=O)(=O)N1CCN(c2ccc(NCCc3ccccc3)cc2)CC1. The molecule has 1 saturated heterocycles. The molecule has 1 heterocycles. The molecule has 25 heavy (non-hydrogen) atoms. The van der Waals surface area contributed by atoms with Crippen molar-refractivity contribution < 1.29 is 8.42 Å². The summed E-state index contributed by atoms with van der Waals surface area (Å²) in [5, 5.41) is 3.44. The molecule has 0 unspecified atom stereocenters. The van der Waals surface area contributed by atoms with Crippen LogP contribution in [0.1, 0.15) is 5.56 Å². The molecule has 0 saturated carbocycles. The summed E-state index contributed by atoms with van der Waals surface area (Å²) < 4.78 is 24.7. The van der Waals surface area contributed by atoms with Gasteiger partial charge in [0, 0.05) is 44.1 Å². The zero-order valence-corrected chi connectivity index (χ0v) is 15.4. The van der Waals surface area contributed by atoms with E-state index in [2.05, 4.69) is 58.7 Å². The third-order valence-electron chi connectivity index (χ3n) is 4.53. The zero-order chi connectivity index (χ0) is 17.7. The smallest absolute Gasteiger partial charge is 0.211 e. The molecule has 0 radical (unpaired) electrons. The molecule has 0 spiro atoms. The van der Waals surface area contributed by atoms with Gasteiger partial charge in [0.2, 0.25) is 10.0 Å². The number of nitrogens with zero attached hydrogens (tertiary/aromatic N) is 2. The van der Waals surface area contributed by atoms with Crippen molar-refractivity contribution in [2.24, 2.45) is 0 Å². The average molecular weight is 359 g/mol. The van der Waals surface area contributed by atoms with E-state index in [4.69, 9.17) is 0 Å². The maximum Gasteiger partial charge on any atom is 0.211 e. The van der Waals surface area contributed by atoms with Gasteiger partial charge in [-0.15, -0.1) is 0 Å². The molecule has 0 amide bonds. The van der Waals surface area contributed by atoms with Crippen LogP contribution in [0.4, 0.5) is 11.4 Å². The molecule has 1 aliphatic rings. The van der Waals surface area contributed by atoms with Crippen LogP contribution in [0.15, 0.2) is 54.6 Å². The summed E-state index contributed by atoms with van der Waals surface area (Å²) in [4.78, 5) is 2.23. The number of benzene rings is 2. The van der Waals surface area contributed by atoms with E-state index in [9.17, 15) is 8.42 Å². The minimum atomic E-state index is -3.07. The van der Waals surface area contributed by atoms with Gasteiger partial charge in [0.1, 0.15) is 0 Å². The topological polar surface area (TPSA) is 52.7 Å². The third-order valence-corrected chi connectivity index (χ3v) is 5.83. The van der Waals surface area contributed by atoms with Gasteiger partial charge in [0.15, 0.2) is 0 Å². The highest BCUT2D eigenvalue weighted by Crippen LogP contribution is 2.20. The highest BCUT2D eigenvalue weighted by molar-refractivity contribution is 7.88. The molecule has 134 valence electrons. The van der Waals surface area contributed by atoms with E-state index in [0.29, 0.717) is 13.1 Å². The molecule has 1 aliphatic heterocycles. The van der Waals surface area contributed by atoms with Gasteiger partial charge < -0.3 is 10.2 Å². The van der Waals surface area contributed by atoms with Crippen molar-refractivity contribution in [2.75, 3.05) is 49.2 Å². The van der Waals surface area contributed by atoms with Gasteiger partial charge in [0.05, 0.1) is 6.26 Å². The minimum Gasteiger partial charge on any atom is -0.385 e. The maximum atomic E-state index is 11.6. The Balaban J connectivity index is 1.49. The largest absolute Gasteiger partial charge is 0.385 e. The molecule has 3 rings (SSSR count). The van der Waals surface area contributed by atoms with E-state index in [0.717, 1.165) is 37.4 Å². The number of rotatable bonds is 6. The Morgan fingerprint density at radius 1 is 0.920 bits per heavy atom. The third kappa shape index (κ3) is 4.96. The van der Waals surface area contributed by atoms with Crippen molar-refractivity contribution >= 4 is 21.4 Å². The quantitative estimate of drug-likeness (QED) is 0.861. The van der Waals surface area contributed by atoms with Gasteiger partial charge in [0.25, 0.3) is 0 Å². The van der Waals surface area contributed by atoms with E-state index in [1.165, 1.54) is 11.8 Å². The Kier molecular flexibility index (Phi) is 5.60. The second kappa shape index (κ2) is 7.89. The highest BCUT2D eigenvalue weighted by Gasteiger charge is 2.23. The van der Waals surface area contributed by atoms with Gasteiger partial charge in [-0.2, -0.15) is 4.31 Å². The summed E-state index contributed by atoms with van der Waals surface area (Å²) in [5.41, 5.74) is 3.58. The Bertz CT molecular complexity index is 768. The van der Waals surface area contributed by atoms with Crippen molar-refractivity contribution in [3.63, 3.8) is 0 Å². The van der Waals surface area contributed by atoms with Crippen LogP contribution in [0.25, 0.3) is 0 Å². The molecule has 0 bridgehead atoms. The fraction of sp³-hybridized carbons (Fsp3) is 0.368. The normalized spacial score (nSPS) is 16.0. The molecule has 0 aromatic heterocycles. The van der Waals surface area contributed by atoms with Gasteiger partial charge in [-0.1, -0.05) is 30.3 Å². The second-order valence-corrected chi connectivity index (χ2v) is 8.34. The molecule has 0 aliphatic carbocycles. The zero-order valence-electron chi connectivity index (χ0n) is 14.6. The van der Waals surface area contributed by atoms with Gasteiger partial charge in [-0.05, 0) is 36.2 Å². The molecule has 0 atom stereocenters. The molecule has 1 fully saturated rings. The van der Waals surface area contributed by atoms with Crippen molar-refractivity contribution in [1.29, 1.82) is 0 Å². The number of piperazine rings is 1. The molecule has 1 N–H and O–H groups in total. The van der Waals surface area contributed by atoms with Crippen LogP contribution in [-0.4, -0.2) is 51.7 Å². The molecular formula is C19H25N3O2S. The molecule has 2 aromatic carbocycles. The summed E-state index contributed by atoms with van der Waals surface area (Å²) in [6.07, 6.45) is 2.27. The summed E-state index contributed by atoms with van der Waals surface area (Å²) in [6.45, 7) is 3.46. The predicted molar refractivity (Wildman–Crippen MR) is 104 cm³/mol. The van der Waals surface area contributed by atoms with Crippen molar-refractivity contribution in [1.82, 2.24) is 4.31 Å². The predicted octanol–water partition coefficient (Wildman–Crippen LogP) is 2.42. The van der Waals surface area contributed by atoms with Gasteiger partial charge in [-0.3, -0.25) is 0 Å². The van der Waals surface area contributed by atoms with E-state index in [-0.39, 0.29) is 0 Å². The summed E-state index contributed by atoms with van der Waals surface area (Å²) >= 11 is 0. The molecule has 2 aromatic rings. The maximum absolute atomic E-state index is 11.6. The fourth-order valence-corrected chi connectivity index (χ4v) is 3.89. The second-order valence-electron chi connectivity index (χ2n) is 6.36. The molecular weight excluding hydrogens is 334 g/mol. The average Bonchev–Trinajstić information content (AvgIpc) is 2.63. The molecule has 6 heteroatoms. The first-order chi connectivity index (χ1) is 12.0. The van der Waals surface area contributed by atoms with Gasteiger partial charge >= 0.3 is 0 Å². The highest BCUT2D eigenvalue weighted by atomic mass is 32.2. The lowest BCUT2D eigenvalue weighted by Crippen LogP contribution is -2.48. The number of anilines is 2. The summed E-state index contributed by atoms with van der Waals surface area (Å²) in [5.74, 6) is 0. The van der Waals surface area contributed by atoms with E-state index >= 15 is 0 Å². The molecule has 5 nitrogen and oxygen atoms in total. The van der Waals surface area contributed by atoms with Crippen LogP contribution in [0.5, 0.6) is 0 Å².